The molecule has 0 radical (unpaired) electrons. The quantitative estimate of drug-likeness (QED) is 0.622. The molecule has 7 heteroatoms. The minimum absolute atomic E-state index is 0.306. The van der Waals surface area contributed by atoms with E-state index in [1.807, 2.05) is 59.4 Å². The first-order chi connectivity index (χ1) is 12.2. The van der Waals surface area contributed by atoms with E-state index in [1.165, 1.54) is 0 Å². The number of anilines is 1. The number of carbonyl (C=O) groups excluding carboxylic acids is 1. The third-order valence-corrected chi connectivity index (χ3v) is 3.71. The number of carbonyl (C=O) groups is 1. The van der Waals surface area contributed by atoms with Crippen LogP contribution in [0.1, 0.15) is 16.1 Å². The van der Waals surface area contributed by atoms with Gasteiger partial charge in [0.25, 0.3) is 5.91 Å². The minimum atomic E-state index is -0.306. The second-order valence-electron chi connectivity index (χ2n) is 5.50. The van der Waals surface area contributed by atoms with Crippen LogP contribution in [0.4, 0.5) is 5.82 Å². The number of nitrogens with one attached hydrogen (secondary N) is 1. The van der Waals surface area contributed by atoms with Gasteiger partial charge in [0, 0.05) is 18.5 Å². The van der Waals surface area contributed by atoms with Crippen LogP contribution in [0, 0.1) is 6.92 Å². The van der Waals surface area contributed by atoms with Crippen molar-refractivity contribution >= 4 is 11.7 Å². The van der Waals surface area contributed by atoms with E-state index in [2.05, 4.69) is 15.6 Å². The van der Waals surface area contributed by atoms with Crippen LogP contribution in [0.5, 0.6) is 0 Å². The van der Waals surface area contributed by atoms with Crippen LogP contribution >= 0.6 is 0 Å². The largest absolute Gasteiger partial charge is 0.360 e. The zero-order valence-electron chi connectivity index (χ0n) is 13.5. The van der Waals surface area contributed by atoms with Gasteiger partial charge < -0.3 is 14.4 Å². The molecule has 0 aliphatic carbocycles. The summed E-state index contributed by atoms with van der Waals surface area (Å²) in [6.45, 7) is 1.77. The lowest BCUT2D eigenvalue weighted by atomic mass is 10.2. The first kappa shape index (κ1) is 14.9. The SMILES string of the molecule is Cc1cc(NC(=O)c2cnn(-c3ccccc3)c2-n2cccc2)no1. The van der Waals surface area contributed by atoms with Gasteiger partial charge in [-0.25, -0.2) is 4.68 Å². The predicted molar refractivity (Wildman–Crippen MR) is 92.1 cm³/mol. The number of aromatic nitrogens is 4. The number of amides is 1. The summed E-state index contributed by atoms with van der Waals surface area (Å²) in [6, 6.07) is 15.1. The summed E-state index contributed by atoms with van der Waals surface area (Å²) in [7, 11) is 0. The number of hydrogen-bond acceptors (Lipinski definition) is 4. The van der Waals surface area contributed by atoms with Gasteiger partial charge in [0.2, 0.25) is 0 Å². The van der Waals surface area contributed by atoms with Gasteiger partial charge in [-0.1, -0.05) is 23.4 Å². The Balaban J connectivity index is 1.78. The summed E-state index contributed by atoms with van der Waals surface area (Å²) < 4.78 is 8.56. The van der Waals surface area contributed by atoms with Crippen molar-refractivity contribution in [3.05, 3.63) is 78.4 Å². The molecular formula is C18H15N5O2. The van der Waals surface area contributed by atoms with E-state index in [0.717, 1.165) is 5.69 Å². The molecule has 1 N–H and O–H groups in total. The van der Waals surface area contributed by atoms with Crippen molar-refractivity contribution < 1.29 is 9.32 Å². The lowest BCUT2D eigenvalue weighted by Crippen LogP contribution is -2.15. The monoisotopic (exact) mass is 333 g/mol. The van der Waals surface area contributed by atoms with Gasteiger partial charge in [-0.15, -0.1) is 0 Å². The molecule has 3 heterocycles. The number of aryl methyl sites for hydroxylation is 1. The van der Waals surface area contributed by atoms with Gasteiger partial charge in [-0.2, -0.15) is 5.10 Å². The van der Waals surface area contributed by atoms with E-state index < -0.39 is 0 Å². The van der Waals surface area contributed by atoms with Crippen molar-refractivity contribution in [2.24, 2.45) is 0 Å². The Morgan fingerprint density at radius 3 is 2.56 bits per heavy atom. The van der Waals surface area contributed by atoms with E-state index in [4.69, 9.17) is 4.52 Å². The Kier molecular flexibility index (Phi) is 3.66. The van der Waals surface area contributed by atoms with E-state index in [0.29, 0.717) is 23.0 Å². The molecule has 0 spiro atoms. The summed E-state index contributed by atoms with van der Waals surface area (Å²) in [5, 5.41) is 10.9. The van der Waals surface area contributed by atoms with E-state index in [1.54, 1.807) is 23.9 Å². The standard InChI is InChI=1S/C18H15N5O2/c1-13-11-16(21-25-13)20-17(24)15-12-19-23(14-7-3-2-4-8-14)18(15)22-9-5-6-10-22/h2-12H,1H3,(H,20,21,24). The average molecular weight is 333 g/mol. The van der Waals surface area contributed by atoms with Crippen LogP contribution in [0.2, 0.25) is 0 Å². The lowest BCUT2D eigenvalue weighted by molar-refractivity contribution is 0.102. The smallest absolute Gasteiger partial charge is 0.262 e. The molecule has 3 aromatic heterocycles. The summed E-state index contributed by atoms with van der Waals surface area (Å²) in [6.07, 6.45) is 5.28. The maximum atomic E-state index is 12.7. The molecule has 0 aliphatic rings. The van der Waals surface area contributed by atoms with Crippen LogP contribution in [-0.4, -0.2) is 25.4 Å². The summed E-state index contributed by atoms with van der Waals surface area (Å²) in [5.74, 6) is 1.34. The van der Waals surface area contributed by atoms with Gasteiger partial charge in [0.15, 0.2) is 11.6 Å². The van der Waals surface area contributed by atoms with E-state index in [9.17, 15) is 4.79 Å². The van der Waals surface area contributed by atoms with Crippen molar-refractivity contribution in [3.8, 4) is 11.5 Å². The van der Waals surface area contributed by atoms with Crippen LogP contribution in [0.15, 0.2) is 71.6 Å². The molecule has 124 valence electrons. The molecule has 1 aromatic carbocycles. The minimum Gasteiger partial charge on any atom is -0.360 e. The molecule has 1 amide bonds. The van der Waals surface area contributed by atoms with Gasteiger partial charge in [0.1, 0.15) is 11.3 Å². The van der Waals surface area contributed by atoms with Crippen LogP contribution in [0.3, 0.4) is 0 Å². The van der Waals surface area contributed by atoms with Crippen molar-refractivity contribution in [3.63, 3.8) is 0 Å². The van der Waals surface area contributed by atoms with Gasteiger partial charge in [0.05, 0.1) is 11.9 Å². The maximum absolute atomic E-state index is 12.7. The third-order valence-electron chi connectivity index (χ3n) is 3.71. The fourth-order valence-corrected chi connectivity index (χ4v) is 2.59. The molecule has 4 rings (SSSR count). The van der Waals surface area contributed by atoms with Gasteiger partial charge >= 0.3 is 0 Å². The Morgan fingerprint density at radius 2 is 1.88 bits per heavy atom. The number of hydrogen-bond donors (Lipinski definition) is 1. The fourth-order valence-electron chi connectivity index (χ4n) is 2.59. The molecule has 0 atom stereocenters. The molecule has 0 bridgehead atoms. The number of para-hydroxylation sites is 1. The highest BCUT2D eigenvalue weighted by Gasteiger charge is 2.20. The molecule has 0 saturated heterocycles. The Bertz CT molecular complexity index is 999. The Labute approximate surface area is 143 Å². The highest BCUT2D eigenvalue weighted by molar-refractivity contribution is 6.06. The number of nitrogens with zero attached hydrogens (tertiary/aromatic N) is 4. The van der Waals surface area contributed by atoms with E-state index >= 15 is 0 Å². The second kappa shape index (κ2) is 6.12. The molecule has 0 unspecified atom stereocenters. The topological polar surface area (TPSA) is 77.9 Å². The molecule has 25 heavy (non-hydrogen) atoms. The summed E-state index contributed by atoms with van der Waals surface area (Å²) in [5.41, 5.74) is 1.29. The predicted octanol–water partition coefficient (Wildman–Crippen LogP) is 3.21. The first-order valence-electron chi connectivity index (χ1n) is 7.74. The second-order valence-corrected chi connectivity index (χ2v) is 5.50. The molecular weight excluding hydrogens is 318 g/mol. The normalized spacial score (nSPS) is 10.8. The zero-order valence-corrected chi connectivity index (χ0v) is 13.5. The van der Waals surface area contributed by atoms with Crippen molar-refractivity contribution in [2.75, 3.05) is 5.32 Å². The molecule has 7 nitrogen and oxygen atoms in total. The molecule has 0 fully saturated rings. The number of rotatable bonds is 4. The van der Waals surface area contributed by atoms with E-state index in [-0.39, 0.29) is 5.91 Å². The third kappa shape index (κ3) is 2.83. The lowest BCUT2D eigenvalue weighted by Gasteiger charge is -2.10. The summed E-state index contributed by atoms with van der Waals surface area (Å²) >= 11 is 0. The summed E-state index contributed by atoms with van der Waals surface area (Å²) in [4.78, 5) is 12.7. The van der Waals surface area contributed by atoms with Crippen molar-refractivity contribution in [1.29, 1.82) is 0 Å². The van der Waals surface area contributed by atoms with Gasteiger partial charge in [-0.3, -0.25) is 4.79 Å². The fraction of sp³-hybridized carbons (Fsp3) is 0.0556. The van der Waals surface area contributed by atoms with Crippen molar-refractivity contribution in [2.45, 2.75) is 6.92 Å². The number of benzene rings is 1. The molecule has 0 aliphatic heterocycles. The molecule has 0 saturated carbocycles. The Morgan fingerprint density at radius 1 is 1.12 bits per heavy atom. The first-order valence-corrected chi connectivity index (χ1v) is 7.74. The van der Waals surface area contributed by atoms with Crippen LogP contribution in [-0.2, 0) is 0 Å². The highest BCUT2D eigenvalue weighted by Crippen LogP contribution is 2.21. The molecule has 4 aromatic rings. The average Bonchev–Trinajstić information content (AvgIpc) is 3.35. The van der Waals surface area contributed by atoms with Crippen LogP contribution < -0.4 is 5.32 Å². The maximum Gasteiger partial charge on any atom is 0.262 e. The van der Waals surface area contributed by atoms with Crippen LogP contribution in [0.25, 0.3) is 11.5 Å². The van der Waals surface area contributed by atoms with Crippen molar-refractivity contribution in [1.82, 2.24) is 19.5 Å². The zero-order chi connectivity index (χ0) is 17.2. The Hall–Kier alpha value is -3.61. The highest BCUT2D eigenvalue weighted by atomic mass is 16.5. The van der Waals surface area contributed by atoms with Gasteiger partial charge in [-0.05, 0) is 31.2 Å².